The van der Waals surface area contributed by atoms with Crippen LogP contribution in [0.25, 0.3) is 11.0 Å². The first kappa shape index (κ1) is 13.1. The summed E-state index contributed by atoms with van der Waals surface area (Å²) >= 11 is 0. The fourth-order valence-corrected chi connectivity index (χ4v) is 2.29. The third-order valence-corrected chi connectivity index (χ3v) is 3.50. The van der Waals surface area contributed by atoms with Gasteiger partial charge in [0.05, 0.1) is 12.2 Å². The summed E-state index contributed by atoms with van der Waals surface area (Å²) in [5.41, 5.74) is 0.266. The zero-order valence-electron chi connectivity index (χ0n) is 10.9. The number of hydrogen-bond acceptors (Lipinski definition) is 6. The minimum absolute atomic E-state index is 0.0465. The normalized spacial score (nSPS) is 24.1. The molecule has 0 amide bonds. The number of phenols is 1. The van der Waals surface area contributed by atoms with Gasteiger partial charge in [-0.05, 0) is 25.2 Å². The molecule has 106 valence electrons. The molecular formula is C14H15NO5. The first-order chi connectivity index (χ1) is 9.54. The Morgan fingerprint density at radius 2 is 2.15 bits per heavy atom. The van der Waals surface area contributed by atoms with Gasteiger partial charge in [0.1, 0.15) is 23.7 Å². The van der Waals surface area contributed by atoms with Gasteiger partial charge in [-0.1, -0.05) is 0 Å². The van der Waals surface area contributed by atoms with Crippen LogP contribution in [0.1, 0.15) is 11.7 Å². The van der Waals surface area contributed by atoms with Crippen molar-refractivity contribution in [2.24, 2.45) is 0 Å². The van der Waals surface area contributed by atoms with Crippen LogP contribution in [0.2, 0.25) is 0 Å². The number of fused-ring (bicyclic) bond motifs is 1. The quantitative estimate of drug-likeness (QED) is 0.751. The van der Waals surface area contributed by atoms with E-state index in [0.29, 0.717) is 17.7 Å². The molecule has 0 bridgehead atoms. The van der Waals surface area contributed by atoms with Crippen molar-refractivity contribution in [3.05, 3.63) is 40.2 Å². The number of ether oxygens (including phenoxy) is 1. The standard InChI is InChI=1S/C14H15NO5/c1-15-6-12(19-7-13(15)17)10-4-8-2-3-9(16)5-11(8)20-14(10)18/h2-5,12-13,16-17H,6-7H2,1H3. The Hall–Kier alpha value is -1.89. The van der Waals surface area contributed by atoms with Gasteiger partial charge in [-0.25, -0.2) is 4.79 Å². The van der Waals surface area contributed by atoms with Crippen molar-refractivity contribution in [3.8, 4) is 5.75 Å². The zero-order valence-corrected chi connectivity index (χ0v) is 10.9. The number of rotatable bonds is 1. The molecule has 0 saturated carbocycles. The predicted octanol–water partition coefficient (Wildman–Crippen LogP) is 0.820. The highest BCUT2D eigenvalue weighted by atomic mass is 16.5. The summed E-state index contributed by atoms with van der Waals surface area (Å²) < 4.78 is 10.7. The van der Waals surface area contributed by atoms with Gasteiger partial charge in [0.25, 0.3) is 0 Å². The van der Waals surface area contributed by atoms with Gasteiger partial charge >= 0.3 is 5.63 Å². The Kier molecular flexibility index (Phi) is 3.21. The Labute approximate surface area is 114 Å². The Morgan fingerprint density at radius 1 is 1.35 bits per heavy atom. The molecule has 1 aromatic heterocycles. The van der Waals surface area contributed by atoms with E-state index >= 15 is 0 Å². The number of morpholine rings is 1. The van der Waals surface area contributed by atoms with E-state index in [1.165, 1.54) is 12.1 Å². The fraction of sp³-hybridized carbons (Fsp3) is 0.357. The van der Waals surface area contributed by atoms with Crippen molar-refractivity contribution < 1.29 is 19.4 Å². The molecule has 0 spiro atoms. The molecule has 6 nitrogen and oxygen atoms in total. The molecule has 1 saturated heterocycles. The van der Waals surface area contributed by atoms with Crippen LogP contribution in [0, 0.1) is 0 Å². The highest BCUT2D eigenvalue weighted by molar-refractivity contribution is 5.78. The number of aromatic hydroxyl groups is 1. The van der Waals surface area contributed by atoms with E-state index in [4.69, 9.17) is 9.15 Å². The molecule has 6 heteroatoms. The van der Waals surface area contributed by atoms with E-state index in [-0.39, 0.29) is 12.4 Å². The second-order valence-electron chi connectivity index (χ2n) is 4.95. The third kappa shape index (κ3) is 2.29. The maximum absolute atomic E-state index is 12.0. The van der Waals surface area contributed by atoms with E-state index in [0.717, 1.165) is 5.39 Å². The van der Waals surface area contributed by atoms with Crippen molar-refractivity contribution in [1.82, 2.24) is 4.90 Å². The number of aliphatic hydroxyl groups excluding tert-OH is 1. The monoisotopic (exact) mass is 277 g/mol. The Morgan fingerprint density at radius 3 is 2.90 bits per heavy atom. The van der Waals surface area contributed by atoms with Crippen LogP contribution in [-0.4, -0.2) is 41.5 Å². The van der Waals surface area contributed by atoms with Gasteiger partial charge in [0.15, 0.2) is 0 Å². The van der Waals surface area contributed by atoms with Gasteiger partial charge in [-0.2, -0.15) is 0 Å². The van der Waals surface area contributed by atoms with Crippen LogP contribution in [0.4, 0.5) is 0 Å². The van der Waals surface area contributed by atoms with Crippen molar-refractivity contribution in [3.63, 3.8) is 0 Å². The average molecular weight is 277 g/mol. The van der Waals surface area contributed by atoms with E-state index < -0.39 is 18.0 Å². The molecule has 2 atom stereocenters. The maximum atomic E-state index is 12.0. The summed E-state index contributed by atoms with van der Waals surface area (Å²) in [6, 6.07) is 6.32. The number of benzene rings is 1. The number of aliphatic hydroxyl groups is 1. The summed E-state index contributed by atoms with van der Waals surface area (Å²) in [6.45, 7) is 0.559. The number of nitrogens with zero attached hydrogens (tertiary/aromatic N) is 1. The average Bonchev–Trinajstić information content (AvgIpc) is 2.41. The van der Waals surface area contributed by atoms with Crippen LogP contribution < -0.4 is 5.63 Å². The molecule has 2 unspecified atom stereocenters. The lowest BCUT2D eigenvalue weighted by atomic mass is 10.1. The van der Waals surface area contributed by atoms with Crippen molar-refractivity contribution in [2.45, 2.75) is 12.3 Å². The summed E-state index contributed by atoms with van der Waals surface area (Å²) in [5.74, 6) is 0.0465. The topological polar surface area (TPSA) is 83.1 Å². The summed E-state index contributed by atoms with van der Waals surface area (Å²) in [7, 11) is 1.76. The molecule has 2 N–H and O–H groups in total. The molecule has 3 rings (SSSR count). The molecule has 1 fully saturated rings. The highest BCUT2D eigenvalue weighted by Gasteiger charge is 2.28. The summed E-state index contributed by atoms with van der Waals surface area (Å²) in [6.07, 6.45) is -1.09. The van der Waals surface area contributed by atoms with E-state index in [1.54, 1.807) is 24.1 Å². The Bertz CT molecular complexity index is 696. The van der Waals surface area contributed by atoms with Crippen LogP contribution in [-0.2, 0) is 4.74 Å². The van der Waals surface area contributed by atoms with Gasteiger partial charge in [0, 0.05) is 18.0 Å². The van der Waals surface area contributed by atoms with Crippen molar-refractivity contribution in [1.29, 1.82) is 0 Å². The van der Waals surface area contributed by atoms with Crippen LogP contribution in [0.5, 0.6) is 5.75 Å². The fourth-order valence-electron chi connectivity index (χ4n) is 2.29. The van der Waals surface area contributed by atoms with Crippen LogP contribution >= 0.6 is 0 Å². The molecular weight excluding hydrogens is 262 g/mol. The van der Waals surface area contributed by atoms with E-state index in [9.17, 15) is 15.0 Å². The minimum atomic E-state index is -0.657. The molecule has 2 aromatic rings. The lowest BCUT2D eigenvalue weighted by Gasteiger charge is -2.33. The molecule has 1 aromatic carbocycles. The first-order valence-corrected chi connectivity index (χ1v) is 6.31. The molecule has 0 radical (unpaired) electrons. The van der Waals surface area contributed by atoms with Crippen LogP contribution in [0.15, 0.2) is 33.5 Å². The van der Waals surface area contributed by atoms with Crippen molar-refractivity contribution in [2.75, 3.05) is 20.2 Å². The van der Waals surface area contributed by atoms with Crippen molar-refractivity contribution >= 4 is 11.0 Å². The summed E-state index contributed by atoms with van der Waals surface area (Å²) in [5, 5.41) is 19.7. The predicted molar refractivity (Wildman–Crippen MR) is 71.5 cm³/mol. The molecule has 1 aliphatic heterocycles. The van der Waals surface area contributed by atoms with Crippen LogP contribution in [0.3, 0.4) is 0 Å². The van der Waals surface area contributed by atoms with Gasteiger partial charge < -0.3 is 19.4 Å². The molecule has 2 heterocycles. The number of phenolic OH excluding ortho intramolecular Hbond substituents is 1. The smallest absolute Gasteiger partial charge is 0.342 e. The highest BCUT2D eigenvalue weighted by Crippen LogP contribution is 2.25. The first-order valence-electron chi connectivity index (χ1n) is 6.31. The largest absolute Gasteiger partial charge is 0.508 e. The Balaban J connectivity index is 2.01. The third-order valence-electron chi connectivity index (χ3n) is 3.50. The lowest BCUT2D eigenvalue weighted by Crippen LogP contribution is -2.44. The molecule has 1 aliphatic rings. The van der Waals surface area contributed by atoms with Gasteiger partial charge in [-0.15, -0.1) is 0 Å². The SMILES string of the molecule is CN1CC(c2cc3ccc(O)cc3oc2=O)OCC1O. The number of likely N-dealkylation sites (N-methyl/N-ethyl adjacent to an activating group) is 1. The van der Waals surface area contributed by atoms with E-state index in [2.05, 4.69) is 0 Å². The number of hydrogen-bond donors (Lipinski definition) is 2. The zero-order chi connectivity index (χ0) is 14.3. The van der Waals surface area contributed by atoms with E-state index in [1.807, 2.05) is 0 Å². The second-order valence-corrected chi connectivity index (χ2v) is 4.95. The minimum Gasteiger partial charge on any atom is -0.508 e. The van der Waals surface area contributed by atoms with Gasteiger partial charge in [0.2, 0.25) is 0 Å². The maximum Gasteiger partial charge on any atom is 0.342 e. The lowest BCUT2D eigenvalue weighted by molar-refractivity contribution is -0.132. The van der Waals surface area contributed by atoms with Gasteiger partial charge in [-0.3, -0.25) is 4.90 Å². The second kappa shape index (κ2) is 4.90. The molecule has 20 heavy (non-hydrogen) atoms. The summed E-state index contributed by atoms with van der Waals surface area (Å²) in [4.78, 5) is 13.7. The molecule has 0 aliphatic carbocycles.